The number of carbonyl (C=O) groups excluding carboxylic acids is 2. The van der Waals surface area contributed by atoms with Gasteiger partial charge in [0, 0.05) is 28.3 Å². The van der Waals surface area contributed by atoms with Crippen molar-refractivity contribution in [3.05, 3.63) is 89.1 Å². The number of ketones is 1. The van der Waals surface area contributed by atoms with E-state index in [0.717, 1.165) is 33.3 Å². The summed E-state index contributed by atoms with van der Waals surface area (Å²) in [7, 11) is 0. The zero-order chi connectivity index (χ0) is 21.2. The van der Waals surface area contributed by atoms with E-state index in [4.69, 9.17) is 4.98 Å². The maximum Gasteiger partial charge on any atom is 0.237 e. The number of anilines is 1. The van der Waals surface area contributed by atoms with E-state index in [1.807, 2.05) is 42.5 Å². The Morgan fingerprint density at radius 3 is 2.68 bits per heavy atom. The van der Waals surface area contributed by atoms with Crippen LogP contribution in [-0.4, -0.2) is 21.7 Å². The van der Waals surface area contributed by atoms with Crippen LogP contribution in [0.4, 0.5) is 5.82 Å². The van der Waals surface area contributed by atoms with Crippen LogP contribution < -0.4 is 5.32 Å². The Morgan fingerprint density at radius 2 is 1.84 bits per heavy atom. The molecule has 0 fully saturated rings. The quantitative estimate of drug-likeness (QED) is 0.499. The lowest BCUT2D eigenvalue weighted by atomic mass is 9.79. The second-order valence-electron chi connectivity index (χ2n) is 8.44. The minimum atomic E-state index is -0.581. The Morgan fingerprint density at radius 1 is 1.00 bits per heavy atom. The molecule has 0 radical (unpaired) electrons. The van der Waals surface area contributed by atoms with Gasteiger partial charge in [-0.15, -0.1) is 0 Å². The van der Waals surface area contributed by atoms with Gasteiger partial charge < -0.3 is 5.32 Å². The monoisotopic (exact) mass is 405 g/mol. The summed E-state index contributed by atoms with van der Waals surface area (Å²) >= 11 is 0. The van der Waals surface area contributed by atoms with Gasteiger partial charge in [-0.2, -0.15) is 0 Å². The minimum Gasteiger partial charge on any atom is -0.310 e. The number of carbonyl (C=O) groups is 2. The zero-order valence-corrected chi connectivity index (χ0v) is 17.0. The first kappa shape index (κ1) is 18.0. The highest BCUT2D eigenvalue weighted by molar-refractivity contribution is 6.06. The second kappa shape index (κ2) is 6.32. The van der Waals surface area contributed by atoms with Crippen LogP contribution in [0.3, 0.4) is 0 Å². The summed E-state index contributed by atoms with van der Waals surface area (Å²) in [4.78, 5) is 33.9. The zero-order valence-electron chi connectivity index (χ0n) is 17.0. The van der Waals surface area contributed by atoms with Crippen LogP contribution in [0, 0.1) is 0 Å². The average Bonchev–Trinajstić information content (AvgIpc) is 3.29. The van der Waals surface area contributed by atoms with Crippen molar-refractivity contribution in [2.75, 3.05) is 5.32 Å². The standard InChI is InChI=1S/C26H19N3O2/c1-15(30)16-4-2-5-17(10-16)22-8-7-18-11-19-13-26(14-20(19)12-23(18)28-22)21-6-3-9-27-24(21)29-25(26)31/h2-12H,13-14H2,1H3,(H,27,29,31). The van der Waals surface area contributed by atoms with E-state index in [1.54, 1.807) is 13.1 Å². The van der Waals surface area contributed by atoms with Gasteiger partial charge in [-0.3, -0.25) is 9.59 Å². The highest BCUT2D eigenvalue weighted by Crippen LogP contribution is 2.47. The molecule has 0 saturated carbocycles. The number of hydrogen-bond donors (Lipinski definition) is 1. The predicted octanol–water partition coefficient (Wildman–Crippen LogP) is 4.49. The number of fused-ring (bicyclic) bond motifs is 4. The molecule has 3 heterocycles. The van der Waals surface area contributed by atoms with Crippen molar-refractivity contribution in [3.63, 3.8) is 0 Å². The molecule has 31 heavy (non-hydrogen) atoms. The third-order valence-electron chi connectivity index (χ3n) is 6.55. The summed E-state index contributed by atoms with van der Waals surface area (Å²) in [5.74, 6) is 0.738. The van der Waals surface area contributed by atoms with Gasteiger partial charge in [0.2, 0.25) is 5.91 Å². The number of pyridine rings is 2. The van der Waals surface area contributed by atoms with E-state index in [1.165, 1.54) is 5.56 Å². The van der Waals surface area contributed by atoms with Crippen LogP contribution in [0.5, 0.6) is 0 Å². The van der Waals surface area contributed by atoms with E-state index in [-0.39, 0.29) is 11.7 Å². The van der Waals surface area contributed by atoms with Crippen molar-refractivity contribution >= 4 is 28.4 Å². The third kappa shape index (κ3) is 2.63. The maximum atomic E-state index is 12.9. The van der Waals surface area contributed by atoms with Crippen LogP contribution in [0.2, 0.25) is 0 Å². The fourth-order valence-corrected chi connectivity index (χ4v) is 4.95. The first-order chi connectivity index (χ1) is 15.0. The summed E-state index contributed by atoms with van der Waals surface area (Å²) in [5, 5.41) is 4.01. The molecule has 1 N–H and O–H groups in total. The van der Waals surface area contributed by atoms with Gasteiger partial charge in [-0.05, 0) is 61.2 Å². The number of Topliss-reactive ketones (excluding diaryl/α,β-unsaturated/α-hetero) is 1. The van der Waals surface area contributed by atoms with Gasteiger partial charge in [0.15, 0.2) is 5.78 Å². The van der Waals surface area contributed by atoms with Crippen molar-refractivity contribution in [3.8, 4) is 11.3 Å². The van der Waals surface area contributed by atoms with Gasteiger partial charge in [-0.1, -0.05) is 30.3 Å². The molecule has 2 aliphatic rings. The summed E-state index contributed by atoms with van der Waals surface area (Å²) in [6.07, 6.45) is 3.03. The largest absolute Gasteiger partial charge is 0.310 e. The average molecular weight is 405 g/mol. The molecule has 4 aromatic rings. The van der Waals surface area contributed by atoms with Crippen LogP contribution in [0.15, 0.2) is 66.9 Å². The number of rotatable bonds is 2. The number of amides is 1. The topological polar surface area (TPSA) is 72.0 Å². The molecule has 2 aromatic heterocycles. The molecule has 1 unspecified atom stereocenters. The van der Waals surface area contributed by atoms with Crippen molar-refractivity contribution in [1.29, 1.82) is 0 Å². The molecule has 150 valence electrons. The van der Waals surface area contributed by atoms with Crippen LogP contribution in [0.1, 0.15) is 34.0 Å². The van der Waals surface area contributed by atoms with Crippen LogP contribution in [-0.2, 0) is 23.1 Å². The van der Waals surface area contributed by atoms with Crippen LogP contribution >= 0.6 is 0 Å². The summed E-state index contributed by atoms with van der Waals surface area (Å²) in [6, 6.07) is 19.8. The number of aromatic nitrogens is 2. The molecule has 5 heteroatoms. The highest BCUT2D eigenvalue weighted by atomic mass is 16.2. The summed E-state index contributed by atoms with van der Waals surface area (Å²) < 4.78 is 0. The highest BCUT2D eigenvalue weighted by Gasteiger charge is 2.51. The minimum absolute atomic E-state index is 0.0242. The van der Waals surface area contributed by atoms with Gasteiger partial charge >= 0.3 is 0 Å². The van der Waals surface area contributed by atoms with E-state index in [0.29, 0.717) is 24.2 Å². The fraction of sp³-hybridized carbons (Fsp3) is 0.154. The first-order valence-electron chi connectivity index (χ1n) is 10.3. The number of nitrogens with zero attached hydrogens (tertiary/aromatic N) is 2. The van der Waals surface area contributed by atoms with Crippen molar-refractivity contribution in [1.82, 2.24) is 9.97 Å². The lowest BCUT2D eigenvalue weighted by molar-refractivity contribution is -0.120. The fourth-order valence-electron chi connectivity index (χ4n) is 4.95. The van der Waals surface area contributed by atoms with Crippen LogP contribution in [0.25, 0.3) is 22.2 Å². The normalized spacial score (nSPS) is 18.8. The predicted molar refractivity (Wildman–Crippen MR) is 119 cm³/mol. The van der Waals surface area contributed by atoms with E-state index >= 15 is 0 Å². The van der Waals surface area contributed by atoms with Gasteiger partial charge in [0.05, 0.1) is 16.6 Å². The molecule has 6 rings (SSSR count). The molecule has 0 saturated heterocycles. The molecule has 0 bridgehead atoms. The Labute approximate surface area is 179 Å². The number of hydrogen-bond acceptors (Lipinski definition) is 4. The Balaban J connectivity index is 1.43. The van der Waals surface area contributed by atoms with Crippen molar-refractivity contribution in [2.45, 2.75) is 25.2 Å². The molecule has 1 aliphatic heterocycles. The Hall–Kier alpha value is -3.86. The molecular weight excluding hydrogens is 386 g/mol. The van der Waals surface area contributed by atoms with Gasteiger partial charge in [0.1, 0.15) is 5.82 Å². The molecule has 5 nitrogen and oxygen atoms in total. The second-order valence-corrected chi connectivity index (χ2v) is 8.44. The van der Waals surface area contributed by atoms with E-state index < -0.39 is 5.41 Å². The Bertz CT molecular complexity index is 1430. The summed E-state index contributed by atoms with van der Waals surface area (Å²) in [6.45, 7) is 1.57. The number of benzene rings is 2. The van der Waals surface area contributed by atoms with Gasteiger partial charge in [0.25, 0.3) is 0 Å². The molecule has 1 atom stereocenters. The molecule has 1 aliphatic carbocycles. The molecule has 1 amide bonds. The first-order valence-corrected chi connectivity index (χ1v) is 10.3. The van der Waals surface area contributed by atoms with E-state index in [9.17, 15) is 9.59 Å². The molecular formula is C26H19N3O2. The number of nitrogens with one attached hydrogen (secondary N) is 1. The smallest absolute Gasteiger partial charge is 0.237 e. The van der Waals surface area contributed by atoms with Crippen molar-refractivity contribution < 1.29 is 9.59 Å². The lowest BCUT2D eigenvalue weighted by Gasteiger charge is -2.20. The maximum absolute atomic E-state index is 12.9. The van der Waals surface area contributed by atoms with Crippen molar-refractivity contribution in [2.24, 2.45) is 0 Å². The molecule has 1 spiro atoms. The lowest BCUT2D eigenvalue weighted by Crippen LogP contribution is -2.35. The summed E-state index contributed by atoms with van der Waals surface area (Å²) in [5.41, 5.74) is 6.06. The SMILES string of the molecule is CC(=O)c1cccc(-c2ccc3cc4c(cc3n2)CC2(C4)C(=O)Nc3ncccc32)c1. The molecule has 2 aromatic carbocycles. The van der Waals surface area contributed by atoms with Gasteiger partial charge in [-0.25, -0.2) is 9.97 Å². The Kier molecular flexibility index (Phi) is 3.66. The third-order valence-corrected chi connectivity index (χ3v) is 6.55. The van der Waals surface area contributed by atoms with E-state index in [2.05, 4.69) is 28.5 Å².